The van der Waals surface area contributed by atoms with Gasteiger partial charge in [0.25, 0.3) is 0 Å². The fraction of sp³-hybridized carbons (Fsp3) is 0.400. The summed E-state index contributed by atoms with van der Waals surface area (Å²) in [5.74, 6) is 0.427. The Kier molecular flexibility index (Phi) is 2.92. The third-order valence-corrected chi connectivity index (χ3v) is 2.34. The fourth-order valence-corrected chi connectivity index (χ4v) is 1.49. The van der Waals surface area contributed by atoms with Gasteiger partial charge in [-0.05, 0) is 26.0 Å². The molecule has 0 amide bonds. The number of rotatable bonds is 2. The molecule has 0 radical (unpaired) electrons. The van der Waals surface area contributed by atoms with Gasteiger partial charge in [0.05, 0.1) is 7.11 Å². The van der Waals surface area contributed by atoms with E-state index in [1.165, 1.54) is 13.2 Å². The highest BCUT2D eigenvalue weighted by Crippen LogP contribution is 2.39. The summed E-state index contributed by atoms with van der Waals surface area (Å²) in [6, 6.07) is 3.22. The lowest BCUT2D eigenvalue weighted by Crippen LogP contribution is -2.29. The normalized spacial score (nSPS) is 11.5. The molecule has 0 unspecified atom stereocenters. The minimum Gasteiger partial charge on any atom is -0.506 e. The Morgan fingerprint density at radius 3 is 2.43 bits per heavy atom. The van der Waals surface area contributed by atoms with E-state index in [9.17, 15) is 5.11 Å². The average Bonchev–Trinajstić information content (AvgIpc) is 2.07. The summed E-state index contributed by atoms with van der Waals surface area (Å²) >= 11 is 5.87. The molecule has 0 saturated heterocycles. The molecule has 0 aliphatic heterocycles. The minimum absolute atomic E-state index is 0.00323. The molecule has 3 nitrogen and oxygen atoms in total. The number of methoxy groups -OCH3 is 1. The first kappa shape index (κ1) is 11.1. The Morgan fingerprint density at radius 1 is 1.43 bits per heavy atom. The van der Waals surface area contributed by atoms with E-state index in [1.807, 2.05) is 13.8 Å². The third-order valence-electron chi connectivity index (χ3n) is 1.98. The van der Waals surface area contributed by atoms with Gasteiger partial charge in [-0.3, -0.25) is 0 Å². The van der Waals surface area contributed by atoms with Gasteiger partial charge in [-0.15, -0.1) is 0 Å². The molecule has 0 aromatic heterocycles. The maximum atomic E-state index is 9.37. The van der Waals surface area contributed by atoms with Crippen LogP contribution in [0.2, 0.25) is 5.02 Å². The monoisotopic (exact) mass is 215 g/mol. The summed E-state index contributed by atoms with van der Waals surface area (Å²) < 4.78 is 5.11. The zero-order chi connectivity index (χ0) is 10.9. The first-order valence-electron chi connectivity index (χ1n) is 4.22. The van der Waals surface area contributed by atoms with Crippen LogP contribution in [0.3, 0.4) is 0 Å². The largest absolute Gasteiger partial charge is 0.506 e. The number of phenols is 1. The average molecular weight is 216 g/mol. The molecule has 3 N–H and O–H groups in total. The number of aromatic hydroxyl groups is 1. The molecule has 0 saturated carbocycles. The number of ether oxygens (including phenoxy) is 1. The number of hydrogen-bond acceptors (Lipinski definition) is 3. The van der Waals surface area contributed by atoms with E-state index in [0.29, 0.717) is 5.75 Å². The van der Waals surface area contributed by atoms with Crippen molar-refractivity contribution in [2.45, 2.75) is 19.4 Å². The number of benzene rings is 1. The van der Waals surface area contributed by atoms with Gasteiger partial charge in [0.1, 0.15) is 16.5 Å². The Labute approximate surface area is 88.4 Å². The van der Waals surface area contributed by atoms with Gasteiger partial charge in [-0.2, -0.15) is 0 Å². The van der Waals surface area contributed by atoms with Crippen LogP contribution in [0.5, 0.6) is 11.5 Å². The lowest BCUT2D eigenvalue weighted by molar-refractivity contribution is 0.389. The molecule has 0 atom stereocenters. The van der Waals surface area contributed by atoms with Crippen molar-refractivity contribution in [3.05, 3.63) is 22.7 Å². The van der Waals surface area contributed by atoms with E-state index >= 15 is 0 Å². The van der Waals surface area contributed by atoms with Gasteiger partial charge < -0.3 is 15.6 Å². The summed E-state index contributed by atoms with van der Waals surface area (Å²) in [6.45, 7) is 3.69. The van der Waals surface area contributed by atoms with E-state index in [2.05, 4.69) is 0 Å². The van der Waals surface area contributed by atoms with E-state index in [4.69, 9.17) is 22.1 Å². The summed E-state index contributed by atoms with van der Waals surface area (Å²) in [5.41, 5.74) is 6.15. The molecule has 1 aromatic rings. The second-order valence-corrected chi connectivity index (χ2v) is 4.08. The molecule has 1 rings (SSSR count). The van der Waals surface area contributed by atoms with Crippen LogP contribution in [-0.2, 0) is 5.54 Å². The molecule has 0 aliphatic carbocycles. The second-order valence-electron chi connectivity index (χ2n) is 3.70. The van der Waals surface area contributed by atoms with E-state index in [1.54, 1.807) is 6.07 Å². The SMILES string of the molecule is COc1c(C(C)(C)N)ccc(O)c1Cl. The summed E-state index contributed by atoms with van der Waals surface area (Å²) in [5, 5.41) is 9.57. The van der Waals surface area contributed by atoms with Crippen molar-refractivity contribution < 1.29 is 9.84 Å². The van der Waals surface area contributed by atoms with Crippen LogP contribution in [0.4, 0.5) is 0 Å². The van der Waals surface area contributed by atoms with Crippen molar-refractivity contribution in [1.82, 2.24) is 0 Å². The minimum atomic E-state index is -0.553. The molecule has 0 fully saturated rings. The Morgan fingerprint density at radius 2 is 2.00 bits per heavy atom. The van der Waals surface area contributed by atoms with E-state index < -0.39 is 5.54 Å². The quantitative estimate of drug-likeness (QED) is 0.796. The van der Waals surface area contributed by atoms with Crippen LogP contribution in [0.1, 0.15) is 19.4 Å². The van der Waals surface area contributed by atoms with Gasteiger partial charge in [0, 0.05) is 11.1 Å². The van der Waals surface area contributed by atoms with Crippen LogP contribution in [0.15, 0.2) is 12.1 Å². The van der Waals surface area contributed by atoms with Gasteiger partial charge in [-0.1, -0.05) is 11.6 Å². The molecular weight excluding hydrogens is 202 g/mol. The lowest BCUT2D eigenvalue weighted by atomic mass is 9.94. The van der Waals surface area contributed by atoms with E-state index in [0.717, 1.165) is 5.56 Å². The van der Waals surface area contributed by atoms with Gasteiger partial charge in [0.2, 0.25) is 0 Å². The van der Waals surface area contributed by atoms with Crippen LogP contribution >= 0.6 is 11.6 Å². The topological polar surface area (TPSA) is 55.5 Å². The molecule has 4 heteroatoms. The lowest BCUT2D eigenvalue weighted by Gasteiger charge is -2.22. The van der Waals surface area contributed by atoms with E-state index in [-0.39, 0.29) is 10.8 Å². The molecule has 0 spiro atoms. The van der Waals surface area contributed by atoms with Crippen molar-refractivity contribution in [2.24, 2.45) is 5.73 Å². The van der Waals surface area contributed by atoms with Crippen molar-refractivity contribution in [3.63, 3.8) is 0 Å². The zero-order valence-electron chi connectivity index (χ0n) is 8.47. The maximum Gasteiger partial charge on any atom is 0.146 e. The number of hydrogen-bond donors (Lipinski definition) is 2. The summed E-state index contributed by atoms with van der Waals surface area (Å²) in [6.07, 6.45) is 0. The standard InChI is InChI=1S/C10H14ClNO2/c1-10(2,12)6-4-5-7(13)8(11)9(6)14-3/h4-5,13H,12H2,1-3H3. The Hall–Kier alpha value is -0.930. The molecule has 78 valence electrons. The Bertz CT molecular complexity index is 345. The maximum absolute atomic E-state index is 9.37. The molecule has 1 aromatic carbocycles. The highest BCUT2D eigenvalue weighted by molar-refractivity contribution is 6.33. The van der Waals surface area contributed by atoms with Crippen molar-refractivity contribution in [3.8, 4) is 11.5 Å². The third kappa shape index (κ3) is 1.94. The number of phenolic OH excluding ortho intramolecular Hbond substituents is 1. The summed E-state index contributed by atoms with van der Waals surface area (Å²) in [4.78, 5) is 0. The smallest absolute Gasteiger partial charge is 0.146 e. The Balaban J connectivity index is 3.39. The first-order chi connectivity index (χ1) is 6.38. The predicted octanol–water partition coefficient (Wildman–Crippen LogP) is 2.25. The molecule has 14 heavy (non-hydrogen) atoms. The zero-order valence-corrected chi connectivity index (χ0v) is 9.22. The van der Waals surface area contributed by atoms with Crippen molar-refractivity contribution >= 4 is 11.6 Å². The van der Waals surface area contributed by atoms with Gasteiger partial charge >= 0.3 is 0 Å². The van der Waals surface area contributed by atoms with Gasteiger partial charge in [-0.25, -0.2) is 0 Å². The van der Waals surface area contributed by atoms with Crippen LogP contribution < -0.4 is 10.5 Å². The first-order valence-corrected chi connectivity index (χ1v) is 4.60. The molecule has 0 bridgehead atoms. The van der Waals surface area contributed by atoms with Crippen LogP contribution in [0, 0.1) is 0 Å². The fourth-order valence-electron chi connectivity index (χ4n) is 1.25. The molecular formula is C10H14ClNO2. The second kappa shape index (κ2) is 3.67. The van der Waals surface area contributed by atoms with Crippen molar-refractivity contribution in [1.29, 1.82) is 0 Å². The van der Waals surface area contributed by atoms with Crippen LogP contribution in [-0.4, -0.2) is 12.2 Å². The molecule has 0 heterocycles. The summed E-state index contributed by atoms with van der Waals surface area (Å²) in [7, 11) is 1.50. The number of halogens is 1. The van der Waals surface area contributed by atoms with Crippen LogP contribution in [0.25, 0.3) is 0 Å². The van der Waals surface area contributed by atoms with Gasteiger partial charge in [0.15, 0.2) is 0 Å². The van der Waals surface area contributed by atoms with Crippen molar-refractivity contribution in [2.75, 3.05) is 7.11 Å². The highest BCUT2D eigenvalue weighted by Gasteiger charge is 2.22. The highest BCUT2D eigenvalue weighted by atomic mass is 35.5. The predicted molar refractivity (Wildman–Crippen MR) is 56.9 cm³/mol. The number of nitrogens with two attached hydrogens (primary N) is 1. The molecule has 0 aliphatic rings.